The number of methoxy groups -OCH3 is 1. The topological polar surface area (TPSA) is 76.8 Å². The minimum Gasteiger partial charge on any atom is -0.493 e. The van der Waals surface area contributed by atoms with Crippen LogP contribution in [0.1, 0.15) is 30.1 Å². The summed E-state index contributed by atoms with van der Waals surface area (Å²) in [7, 11) is 1.58. The smallest absolute Gasteiger partial charge is 0.273 e. The van der Waals surface area contributed by atoms with E-state index in [0.29, 0.717) is 23.8 Å². The second-order valence-electron chi connectivity index (χ2n) is 5.40. The van der Waals surface area contributed by atoms with Gasteiger partial charge in [0.15, 0.2) is 23.0 Å². The molecule has 0 fully saturated rings. The molecule has 7 nitrogen and oxygen atoms in total. The van der Waals surface area contributed by atoms with Crippen LogP contribution >= 0.6 is 0 Å². The highest BCUT2D eigenvalue weighted by molar-refractivity contribution is 5.92. The van der Waals surface area contributed by atoms with Crippen molar-refractivity contribution in [1.29, 1.82) is 0 Å². The largest absolute Gasteiger partial charge is 0.493 e. The Morgan fingerprint density at radius 1 is 1.24 bits per heavy atom. The lowest BCUT2D eigenvalue weighted by Crippen LogP contribution is -2.34. The maximum Gasteiger partial charge on any atom is 0.273 e. The summed E-state index contributed by atoms with van der Waals surface area (Å²) in [6, 6.07) is 8.91. The molecule has 136 valence electrons. The minimum atomic E-state index is -0.251. The van der Waals surface area contributed by atoms with Gasteiger partial charge in [-0.1, -0.05) is 31.1 Å². The number of likely N-dealkylation sites (N-methyl/N-ethyl adjacent to an activating group) is 1. The van der Waals surface area contributed by atoms with Crippen molar-refractivity contribution in [1.82, 2.24) is 15.4 Å². The third kappa shape index (κ3) is 5.49. The zero-order valence-corrected chi connectivity index (χ0v) is 14.9. The van der Waals surface area contributed by atoms with Crippen molar-refractivity contribution >= 4 is 5.91 Å². The second-order valence-corrected chi connectivity index (χ2v) is 5.40. The number of carbonyl (C=O) groups excluding carboxylic acids is 1. The van der Waals surface area contributed by atoms with E-state index in [2.05, 4.69) is 29.2 Å². The summed E-state index contributed by atoms with van der Waals surface area (Å²) >= 11 is 0. The Balaban J connectivity index is 1.84. The third-order valence-electron chi connectivity index (χ3n) is 3.84. The van der Waals surface area contributed by atoms with Gasteiger partial charge >= 0.3 is 0 Å². The number of para-hydroxylation sites is 2. The Morgan fingerprint density at radius 3 is 2.64 bits per heavy atom. The Morgan fingerprint density at radius 2 is 1.96 bits per heavy atom. The quantitative estimate of drug-likeness (QED) is 0.711. The van der Waals surface area contributed by atoms with Crippen LogP contribution < -0.4 is 14.8 Å². The molecule has 0 spiro atoms. The van der Waals surface area contributed by atoms with E-state index in [1.165, 1.54) is 0 Å². The number of nitrogens with zero attached hydrogens (tertiary/aromatic N) is 2. The lowest BCUT2D eigenvalue weighted by Gasteiger charge is -2.17. The number of hydrogen-bond donors (Lipinski definition) is 1. The number of benzene rings is 1. The zero-order chi connectivity index (χ0) is 18.1. The van der Waals surface area contributed by atoms with Crippen LogP contribution in [0.25, 0.3) is 0 Å². The molecule has 0 aliphatic rings. The molecule has 0 saturated heterocycles. The predicted molar refractivity (Wildman–Crippen MR) is 94.0 cm³/mol. The van der Waals surface area contributed by atoms with Crippen LogP contribution in [-0.2, 0) is 6.61 Å². The molecule has 0 saturated carbocycles. The van der Waals surface area contributed by atoms with Crippen molar-refractivity contribution in [3.63, 3.8) is 0 Å². The molecule has 0 aliphatic heterocycles. The number of hydrogen-bond acceptors (Lipinski definition) is 6. The first-order valence-corrected chi connectivity index (χ1v) is 8.39. The summed E-state index contributed by atoms with van der Waals surface area (Å²) in [4.78, 5) is 14.3. The molecule has 2 rings (SSSR count). The lowest BCUT2D eigenvalue weighted by atomic mass is 10.3. The van der Waals surface area contributed by atoms with Gasteiger partial charge in [-0.25, -0.2) is 0 Å². The lowest BCUT2D eigenvalue weighted by molar-refractivity contribution is 0.0939. The van der Waals surface area contributed by atoms with Gasteiger partial charge in [-0.2, -0.15) is 0 Å². The second kappa shape index (κ2) is 9.68. The Labute approximate surface area is 147 Å². The Hall–Kier alpha value is -2.54. The van der Waals surface area contributed by atoms with Crippen LogP contribution in [-0.4, -0.2) is 49.3 Å². The molecule has 0 aliphatic carbocycles. The van der Waals surface area contributed by atoms with E-state index in [0.717, 1.165) is 19.6 Å². The van der Waals surface area contributed by atoms with Crippen molar-refractivity contribution < 1.29 is 18.8 Å². The van der Waals surface area contributed by atoms with Crippen LogP contribution in [0.4, 0.5) is 0 Å². The minimum absolute atomic E-state index is 0.167. The number of nitrogens with one attached hydrogen (secondary N) is 1. The van der Waals surface area contributed by atoms with Crippen LogP contribution in [0.3, 0.4) is 0 Å². The summed E-state index contributed by atoms with van der Waals surface area (Å²) in [6.45, 7) is 7.65. The number of rotatable bonds is 10. The van der Waals surface area contributed by atoms with Gasteiger partial charge < -0.3 is 24.2 Å². The summed E-state index contributed by atoms with van der Waals surface area (Å²) in [5.74, 6) is 1.46. The van der Waals surface area contributed by atoms with Gasteiger partial charge in [0.2, 0.25) is 0 Å². The van der Waals surface area contributed by atoms with Gasteiger partial charge in [-0.05, 0) is 25.2 Å². The van der Waals surface area contributed by atoms with Crippen molar-refractivity contribution in [3.8, 4) is 11.5 Å². The zero-order valence-electron chi connectivity index (χ0n) is 14.9. The normalized spacial score (nSPS) is 10.7. The van der Waals surface area contributed by atoms with Crippen molar-refractivity contribution in [3.05, 3.63) is 41.8 Å². The molecule has 0 bridgehead atoms. The maximum atomic E-state index is 12.1. The van der Waals surface area contributed by atoms with Crippen LogP contribution in [0, 0.1) is 0 Å². The Bertz CT molecular complexity index is 668. The number of aromatic nitrogens is 1. The fourth-order valence-electron chi connectivity index (χ4n) is 2.33. The average Bonchev–Trinajstić information content (AvgIpc) is 3.13. The average molecular weight is 347 g/mol. The first kappa shape index (κ1) is 18.8. The maximum absolute atomic E-state index is 12.1. The number of amides is 1. The van der Waals surface area contributed by atoms with E-state index in [1.54, 1.807) is 19.2 Å². The molecule has 7 heteroatoms. The third-order valence-corrected chi connectivity index (χ3v) is 3.84. The molecule has 1 N–H and O–H groups in total. The molecule has 1 aromatic carbocycles. The number of ether oxygens (including phenoxy) is 2. The molecule has 0 atom stereocenters. The van der Waals surface area contributed by atoms with Crippen LogP contribution in [0.5, 0.6) is 11.5 Å². The van der Waals surface area contributed by atoms with E-state index >= 15 is 0 Å². The van der Waals surface area contributed by atoms with Gasteiger partial charge in [-0.3, -0.25) is 4.79 Å². The van der Waals surface area contributed by atoms with Crippen LogP contribution in [0.15, 0.2) is 34.9 Å². The first-order valence-electron chi connectivity index (χ1n) is 8.39. The highest BCUT2D eigenvalue weighted by atomic mass is 16.5. The van der Waals surface area contributed by atoms with Gasteiger partial charge in [0.25, 0.3) is 5.91 Å². The standard InChI is InChI=1S/C18H25N3O4/c1-4-21(5-2)11-10-19-18(22)15-12-14(25-20-15)13-24-17-9-7-6-8-16(17)23-3/h6-9,12H,4-5,10-11,13H2,1-3H3,(H,19,22). The fraction of sp³-hybridized carbons (Fsp3) is 0.444. The highest BCUT2D eigenvalue weighted by Gasteiger charge is 2.13. The molecule has 1 aromatic heterocycles. The predicted octanol–water partition coefficient (Wildman–Crippen LogP) is 2.33. The summed E-state index contributed by atoms with van der Waals surface area (Å²) in [5, 5.41) is 6.64. The number of carbonyl (C=O) groups is 1. The van der Waals surface area contributed by atoms with Crippen LogP contribution in [0.2, 0.25) is 0 Å². The molecule has 1 heterocycles. The molecule has 0 radical (unpaired) electrons. The van der Waals surface area contributed by atoms with E-state index in [9.17, 15) is 4.79 Å². The van der Waals surface area contributed by atoms with Gasteiger partial charge in [0.05, 0.1) is 7.11 Å². The van der Waals surface area contributed by atoms with Crippen molar-refractivity contribution in [2.45, 2.75) is 20.5 Å². The van der Waals surface area contributed by atoms with Crippen molar-refractivity contribution in [2.24, 2.45) is 0 Å². The molecule has 1 amide bonds. The van der Waals surface area contributed by atoms with Crippen molar-refractivity contribution in [2.75, 3.05) is 33.3 Å². The monoisotopic (exact) mass is 347 g/mol. The molecule has 25 heavy (non-hydrogen) atoms. The molecular formula is C18H25N3O4. The summed E-state index contributed by atoms with van der Waals surface area (Å²) < 4.78 is 16.0. The van der Waals surface area contributed by atoms with E-state index in [1.807, 2.05) is 18.2 Å². The van der Waals surface area contributed by atoms with E-state index in [4.69, 9.17) is 14.0 Å². The van der Waals surface area contributed by atoms with Gasteiger partial charge in [0, 0.05) is 19.2 Å². The Kier molecular flexibility index (Phi) is 7.28. The molecule has 0 unspecified atom stereocenters. The molecular weight excluding hydrogens is 322 g/mol. The highest BCUT2D eigenvalue weighted by Crippen LogP contribution is 2.26. The first-order chi connectivity index (χ1) is 12.2. The SMILES string of the molecule is CCN(CC)CCNC(=O)c1cc(COc2ccccc2OC)on1. The summed E-state index contributed by atoms with van der Waals surface area (Å²) in [5.41, 5.74) is 0.248. The fourth-order valence-corrected chi connectivity index (χ4v) is 2.33. The van der Waals surface area contributed by atoms with E-state index in [-0.39, 0.29) is 18.2 Å². The van der Waals surface area contributed by atoms with Gasteiger partial charge in [0.1, 0.15) is 6.61 Å². The van der Waals surface area contributed by atoms with Gasteiger partial charge in [-0.15, -0.1) is 0 Å². The molecule has 2 aromatic rings. The van der Waals surface area contributed by atoms with E-state index < -0.39 is 0 Å². The summed E-state index contributed by atoms with van der Waals surface area (Å²) in [6.07, 6.45) is 0.